The molecule has 1 heterocycles. The van der Waals surface area contributed by atoms with Crippen LogP contribution in [0, 0.1) is 11.6 Å². The van der Waals surface area contributed by atoms with E-state index in [-0.39, 0.29) is 29.8 Å². The predicted octanol–water partition coefficient (Wildman–Crippen LogP) is 5.65. The van der Waals surface area contributed by atoms with Gasteiger partial charge in [0.1, 0.15) is 23.2 Å². The molecular weight excluding hydrogens is 453 g/mol. The summed E-state index contributed by atoms with van der Waals surface area (Å²) in [5, 5.41) is 0. The summed E-state index contributed by atoms with van der Waals surface area (Å²) in [5.74, 6) is -2.12. The van der Waals surface area contributed by atoms with E-state index in [4.69, 9.17) is 0 Å². The van der Waals surface area contributed by atoms with Crippen molar-refractivity contribution >= 4 is 11.6 Å². The van der Waals surface area contributed by atoms with Crippen LogP contribution in [-0.2, 0) is 47.9 Å². The number of rotatable bonds is 9. The molecule has 0 aliphatic carbocycles. The van der Waals surface area contributed by atoms with Crippen LogP contribution in [0.3, 0.4) is 0 Å². The van der Waals surface area contributed by atoms with Gasteiger partial charge in [0.05, 0.1) is 5.56 Å². The molecule has 1 aromatic heterocycles. The summed E-state index contributed by atoms with van der Waals surface area (Å²) in [6, 6.07) is 9.98. The van der Waals surface area contributed by atoms with Gasteiger partial charge in [0.25, 0.3) is 0 Å². The summed E-state index contributed by atoms with van der Waals surface area (Å²) in [5.41, 5.74) is 0.987. The molecule has 0 saturated carbocycles. The standard InChI is InChI=1S/C26H22F5NO2/c1-16(33)10-22-11-18(8-9-32-22)3-2-17-4-5-19(25(28)12-17)14-23(34)15-20-13-21(26(29,30)31)6-7-24(20)27/h4-9,11-13H,2-3,10,14-15H2,1H3. The van der Waals surface area contributed by atoms with E-state index in [0.717, 1.165) is 5.56 Å². The topological polar surface area (TPSA) is 47.0 Å². The second kappa shape index (κ2) is 10.7. The molecular formula is C26H22F5NO2. The van der Waals surface area contributed by atoms with Crippen molar-refractivity contribution in [3.8, 4) is 0 Å². The van der Waals surface area contributed by atoms with Gasteiger partial charge in [-0.25, -0.2) is 8.78 Å². The molecule has 0 fully saturated rings. The van der Waals surface area contributed by atoms with Crippen LogP contribution in [-0.4, -0.2) is 16.6 Å². The van der Waals surface area contributed by atoms with Gasteiger partial charge in [-0.3, -0.25) is 14.6 Å². The first-order valence-corrected chi connectivity index (χ1v) is 10.6. The molecule has 0 atom stereocenters. The molecule has 2 aromatic carbocycles. The lowest BCUT2D eigenvalue weighted by Gasteiger charge is -2.10. The number of benzene rings is 2. The monoisotopic (exact) mass is 475 g/mol. The zero-order chi connectivity index (χ0) is 24.9. The van der Waals surface area contributed by atoms with Gasteiger partial charge in [0, 0.05) is 31.2 Å². The van der Waals surface area contributed by atoms with Gasteiger partial charge in [-0.15, -0.1) is 0 Å². The lowest BCUT2D eigenvalue weighted by Crippen LogP contribution is -2.12. The van der Waals surface area contributed by atoms with Crippen molar-refractivity contribution in [3.05, 3.63) is 99.9 Å². The van der Waals surface area contributed by atoms with E-state index in [9.17, 15) is 31.5 Å². The summed E-state index contributed by atoms with van der Waals surface area (Å²) in [6.07, 6.45) is -2.60. The fraction of sp³-hybridized carbons (Fsp3) is 0.269. The Morgan fingerprint density at radius 3 is 2.12 bits per heavy atom. The average Bonchev–Trinajstić information content (AvgIpc) is 2.74. The lowest BCUT2D eigenvalue weighted by molar-refractivity contribution is -0.137. The van der Waals surface area contributed by atoms with E-state index in [2.05, 4.69) is 4.98 Å². The quantitative estimate of drug-likeness (QED) is 0.376. The first-order valence-electron chi connectivity index (χ1n) is 10.6. The van der Waals surface area contributed by atoms with Crippen LogP contribution < -0.4 is 0 Å². The maximum absolute atomic E-state index is 14.6. The number of halogens is 5. The summed E-state index contributed by atoms with van der Waals surface area (Å²) in [6.45, 7) is 1.49. The first kappa shape index (κ1) is 25.2. The number of carbonyl (C=O) groups excluding carboxylic acids is 2. The van der Waals surface area contributed by atoms with E-state index < -0.39 is 35.6 Å². The summed E-state index contributed by atoms with van der Waals surface area (Å²) in [7, 11) is 0. The number of nitrogens with zero attached hydrogens (tertiary/aromatic N) is 1. The maximum atomic E-state index is 14.6. The fourth-order valence-electron chi connectivity index (χ4n) is 3.59. The molecule has 34 heavy (non-hydrogen) atoms. The highest BCUT2D eigenvalue weighted by atomic mass is 19.4. The number of Topliss-reactive ketones (excluding diaryl/α,β-unsaturated/α-hetero) is 2. The number of aromatic nitrogens is 1. The summed E-state index contributed by atoms with van der Waals surface area (Å²) in [4.78, 5) is 27.7. The van der Waals surface area contributed by atoms with E-state index in [1.807, 2.05) is 12.1 Å². The smallest absolute Gasteiger partial charge is 0.300 e. The van der Waals surface area contributed by atoms with E-state index in [1.54, 1.807) is 12.3 Å². The van der Waals surface area contributed by atoms with E-state index in [1.165, 1.54) is 19.1 Å². The van der Waals surface area contributed by atoms with Gasteiger partial charge in [-0.05, 0) is 78.4 Å². The molecule has 178 valence electrons. The van der Waals surface area contributed by atoms with Gasteiger partial charge in [-0.2, -0.15) is 13.2 Å². The minimum atomic E-state index is -4.65. The average molecular weight is 475 g/mol. The van der Waals surface area contributed by atoms with E-state index >= 15 is 0 Å². The fourth-order valence-corrected chi connectivity index (χ4v) is 3.59. The minimum Gasteiger partial charge on any atom is -0.300 e. The van der Waals surface area contributed by atoms with Crippen LogP contribution in [0.1, 0.15) is 40.4 Å². The number of ketones is 2. The molecule has 8 heteroatoms. The zero-order valence-corrected chi connectivity index (χ0v) is 18.4. The Morgan fingerprint density at radius 1 is 0.794 bits per heavy atom. The number of pyridine rings is 1. The number of hydrogen-bond acceptors (Lipinski definition) is 3. The molecule has 0 amide bonds. The second-order valence-corrected chi connectivity index (χ2v) is 8.16. The molecule has 0 unspecified atom stereocenters. The first-order chi connectivity index (χ1) is 16.0. The highest BCUT2D eigenvalue weighted by molar-refractivity contribution is 5.83. The molecule has 3 nitrogen and oxygen atoms in total. The predicted molar refractivity (Wildman–Crippen MR) is 116 cm³/mol. The van der Waals surface area contributed by atoms with Gasteiger partial charge in [0.2, 0.25) is 0 Å². The number of aryl methyl sites for hydroxylation is 2. The molecule has 0 bridgehead atoms. The highest BCUT2D eigenvalue weighted by Crippen LogP contribution is 2.30. The van der Waals surface area contributed by atoms with Crippen molar-refractivity contribution in [2.75, 3.05) is 0 Å². The third-order valence-electron chi connectivity index (χ3n) is 5.28. The van der Waals surface area contributed by atoms with Crippen molar-refractivity contribution in [1.82, 2.24) is 4.98 Å². The molecule has 0 saturated heterocycles. The Bertz CT molecular complexity index is 1200. The van der Waals surface area contributed by atoms with Crippen molar-refractivity contribution in [2.45, 2.75) is 45.2 Å². The third-order valence-corrected chi connectivity index (χ3v) is 5.28. The van der Waals surface area contributed by atoms with Crippen LogP contribution in [0.4, 0.5) is 22.0 Å². The molecule has 3 aromatic rings. The van der Waals surface area contributed by atoms with Crippen molar-refractivity contribution in [3.63, 3.8) is 0 Å². The lowest BCUT2D eigenvalue weighted by atomic mass is 9.98. The number of carbonyl (C=O) groups is 2. The second-order valence-electron chi connectivity index (χ2n) is 8.16. The van der Waals surface area contributed by atoms with Crippen molar-refractivity contribution in [2.24, 2.45) is 0 Å². The van der Waals surface area contributed by atoms with Gasteiger partial charge >= 0.3 is 6.18 Å². The van der Waals surface area contributed by atoms with Gasteiger partial charge in [-0.1, -0.05) is 12.1 Å². The van der Waals surface area contributed by atoms with E-state index in [0.29, 0.717) is 42.3 Å². The van der Waals surface area contributed by atoms with Crippen LogP contribution in [0.15, 0.2) is 54.7 Å². The zero-order valence-electron chi connectivity index (χ0n) is 18.4. The Morgan fingerprint density at radius 2 is 1.47 bits per heavy atom. The Balaban J connectivity index is 1.62. The third kappa shape index (κ3) is 7.04. The van der Waals surface area contributed by atoms with Crippen molar-refractivity contribution < 1.29 is 31.5 Å². The van der Waals surface area contributed by atoms with Crippen LogP contribution >= 0.6 is 0 Å². The van der Waals surface area contributed by atoms with Gasteiger partial charge in [0.15, 0.2) is 0 Å². The molecule has 3 rings (SSSR count). The summed E-state index contributed by atoms with van der Waals surface area (Å²) < 4.78 is 67.0. The van der Waals surface area contributed by atoms with Crippen molar-refractivity contribution in [1.29, 1.82) is 0 Å². The molecule has 0 N–H and O–H groups in total. The van der Waals surface area contributed by atoms with Crippen LogP contribution in [0.25, 0.3) is 0 Å². The molecule has 0 aliphatic rings. The SMILES string of the molecule is CC(=O)Cc1cc(CCc2ccc(CC(=O)Cc3cc(C(F)(F)F)ccc3F)c(F)c2)ccn1. The molecule has 0 radical (unpaired) electrons. The van der Waals surface area contributed by atoms with Crippen LogP contribution in [0.5, 0.6) is 0 Å². The summed E-state index contributed by atoms with van der Waals surface area (Å²) >= 11 is 0. The minimum absolute atomic E-state index is 0.00709. The Labute approximate surface area is 193 Å². The van der Waals surface area contributed by atoms with Crippen LogP contribution in [0.2, 0.25) is 0 Å². The normalized spacial score (nSPS) is 11.5. The largest absolute Gasteiger partial charge is 0.416 e. The Kier molecular flexibility index (Phi) is 7.91. The molecule has 0 spiro atoms. The highest BCUT2D eigenvalue weighted by Gasteiger charge is 2.31. The molecule has 0 aliphatic heterocycles. The number of alkyl halides is 3. The number of hydrogen-bond donors (Lipinski definition) is 0. The Hall–Kier alpha value is -3.42. The maximum Gasteiger partial charge on any atom is 0.416 e. The van der Waals surface area contributed by atoms with Gasteiger partial charge < -0.3 is 0 Å².